The van der Waals surface area contributed by atoms with E-state index >= 15 is 0 Å². The SMILES string of the molecule is Cc1onc(-c2ccc(C(F)(F)F)nc2)c1COc1cc2c(nn1)CN(CC1CCS(=O)(=O)C1)CC2. The number of ether oxygens (including phenoxy) is 1. The van der Waals surface area contributed by atoms with Crippen LogP contribution in [0.25, 0.3) is 11.3 Å². The van der Waals surface area contributed by atoms with E-state index in [1.165, 1.54) is 6.07 Å². The largest absolute Gasteiger partial charge is 0.471 e. The Kier molecular flexibility index (Phi) is 6.45. The molecule has 0 aromatic carbocycles. The minimum Gasteiger partial charge on any atom is -0.471 e. The molecule has 3 aromatic rings. The summed E-state index contributed by atoms with van der Waals surface area (Å²) in [5.41, 5.74) is 2.18. The average molecular weight is 524 g/mol. The Hall–Kier alpha value is -3.06. The van der Waals surface area contributed by atoms with Gasteiger partial charge in [0.05, 0.1) is 22.8 Å². The van der Waals surface area contributed by atoms with Crippen molar-refractivity contribution < 1.29 is 30.8 Å². The molecule has 1 fully saturated rings. The Morgan fingerprint density at radius 2 is 2.08 bits per heavy atom. The highest BCUT2D eigenvalue weighted by Gasteiger charge is 2.33. The van der Waals surface area contributed by atoms with E-state index in [-0.39, 0.29) is 24.0 Å². The van der Waals surface area contributed by atoms with Crippen molar-refractivity contribution in [2.24, 2.45) is 5.92 Å². The van der Waals surface area contributed by atoms with Crippen LogP contribution in [0, 0.1) is 12.8 Å². The zero-order valence-corrected chi connectivity index (χ0v) is 20.3. The molecule has 36 heavy (non-hydrogen) atoms. The fourth-order valence-electron chi connectivity index (χ4n) is 4.60. The highest BCUT2D eigenvalue weighted by Crippen LogP contribution is 2.31. The van der Waals surface area contributed by atoms with E-state index in [2.05, 4.69) is 25.2 Å². The minimum atomic E-state index is -4.52. The first-order valence-corrected chi connectivity index (χ1v) is 13.3. The highest BCUT2D eigenvalue weighted by atomic mass is 32.2. The molecule has 13 heteroatoms. The van der Waals surface area contributed by atoms with Crippen LogP contribution in [-0.2, 0) is 35.6 Å². The maximum atomic E-state index is 12.8. The number of aromatic nitrogens is 4. The molecule has 2 aliphatic rings. The standard InChI is InChI=1S/C23H24F3N5O4S/c1-14-18(22(30-35-14)17-2-3-20(27-9-17)23(24,25)26)12-34-21-8-16-4-6-31(11-19(16)28-29-21)10-15-5-7-36(32,33)13-15/h2-3,8-9,15H,4-7,10-13H2,1H3. The molecule has 0 radical (unpaired) electrons. The molecule has 2 aliphatic heterocycles. The molecule has 0 amide bonds. The van der Waals surface area contributed by atoms with E-state index in [0.717, 1.165) is 43.0 Å². The van der Waals surface area contributed by atoms with Crippen molar-refractivity contribution in [2.45, 2.75) is 39.1 Å². The molecule has 9 nitrogen and oxygen atoms in total. The van der Waals surface area contributed by atoms with Gasteiger partial charge in [-0.2, -0.15) is 18.3 Å². The number of hydrogen-bond donors (Lipinski definition) is 0. The third-order valence-electron chi connectivity index (χ3n) is 6.53. The van der Waals surface area contributed by atoms with Crippen LogP contribution in [0.4, 0.5) is 13.2 Å². The predicted molar refractivity (Wildman–Crippen MR) is 122 cm³/mol. The van der Waals surface area contributed by atoms with Crippen molar-refractivity contribution >= 4 is 9.84 Å². The second kappa shape index (κ2) is 9.43. The van der Waals surface area contributed by atoms with Crippen molar-refractivity contribution in [1.29, 1.82) is 0 Å². The number of rotatable bonds is 6. The fraction of sp³-hybridized carbons (Fsp3) is 0.478. The first-order valence-electron chi connectivity index (χ1n) is 11.5. The zero-order valence-electron chi connectivity index (χ0n) is 19.5. The highest BCUT2D eigenvalue weighted by molar-refractivity contribution is 7.91. The third kappa shape index (κ3) is 5.36. The quantitative estimate of drug-likeness (QED) is 0.481. The van der Waals surface area contributed by atoms with Crippen molar-refractivity contribution in [1.82, 2.24) is 25.2 Å². The van der Waals surface area contributed by atoms with Gasteiger partial charge >= 0.3 is 6.18 Å². The summed E-state index contributed by atoms with van der Waals surface area (Å²) in [7, 11) is -2.90. The summed E-state index contributed by atoms with van der Waals surface area (Å²) in [5.74, 6) is 1.47. The molecule has 3 aromatic heterocycles. The van der Waals surface area contributed by atoms with Gasteiger partial charge in [0.2, 0.25) is 5.88 Å². The Morgan fingerprint density at radius 1 is 1.25 bits per heavy atom. The number of aryl methyl sites for hydroxylation is 1. The van der Waals surface area contributed by atoms with Gasteiger partial charge < -0.3 is 9.26 Å². The normalized spacial score (nSPS) is 19.8. The number of fused-ring (bicyclic) bond motifs is 1. The Balaban J connectivity index is 1.23. The number of nitrogens with zero attached hydrogens (tertiary/aromatic N) is 5. The summed E-state index contributed by atoms with van der Waals surface area (Å²) in [6.07, 6.45) is -1.97. The Morgan fingerprint density at radius 3 is 2.78 bits per heavy atom. The lowest BCUT2D eigenvalue weighted by molar-refractivity contribution is -0.141. The van der Waals surface area contributed by atoms with E-state index < -0.39 is 21.7 Å². The minimum absolute atomic E-state index is 0.0431. The van der Waals surface area contributed by atoms with Crippen LogP contribution in [0.1, 0.15) is 34.7 Å². The van der Waals surface area contributed by atoms with Crippen LogP contribution in [0.2, 0.25) is 0 Å². The van der Waals surface area contributed by atoms with Crippen LogP contribution in [0.3, 0.4) is 0 Å². The Labute approximate surface area is 205 Å². The lowest BCUT2D eigenvalue weighted by Crippen LogP contribution is -2.35. The summed E-state index contributed by atoms with van der Waals surface area (Å²) < 4.78 is 73.0. The van der Waals surface area contributed by atoms with Crippen LogP contribution in [-0.4, -0.2) is 58.3 Å². The molecule has 0 aliphatic carbocycles. The molecule has 1 unspecified atom stereocenters. The molecule has 0 spiro atoms. The average Bonchev–Trinajstić information content (AvgIpc) is 3.37. The first-order chi connectivity index (χ1) is 17.1. The van der Waals surface area contributed by atoms with E-state index in [0.29, 0.717) is 41.4 Å². The summed E-state index contributed by atoms with van der Waals surface area (Å²) in [5, 5.41) is 12.5. The smallest absolute Gasteiger partial charge is 0.433 e. The van der Waals surface area contributed by atoms with Crippen molar-refractivity contribution in [3.05, 3.63) is 52.7 Å². The van der Waals surface area contributed by atoms with E-state index in [1.807, 2.05) is 6.07 Å². The van der Waals surface area contributed by atoms with Gasteiger partial charge in [-0.15, -0.1) is 5.10 Å². The molecule has 5 rings (SSSR count). The number of pyridine rings is 1. The molecular formula is C23H24F3N5O4S. The molecule has 1 atom stereocenters. The lowest BCUT2D eigenvalue weighted by atomic mass is 10.0. The molecule has 192 valence electrons. The second-order valence-corrected chi connectivity index (χ2v) is 11.4. The maximum Gasteiger partial charge on any atom is 0.433 e. The van der Waals surface area contributed by atoms with E-state index in [1.54, 1.807) is 6.92 Å². The monoisotopic (exact) mass is 523 g/mol. The van der Waals surface area contributed by atoms with Crippen molar-refractivity contribution in [3.8, 4) is 17.1 Å². The zero-order chi connectivity index (χ0) is 25.5. The van der Waals surface area contributed by atoms with Crippen molar-refractivity contribution in [3.63, 3.8) is 0 Å². The van der Waals surface area contributed by atoms with Gasteiger partial charge in [-0.05, 0) is 43.4 Å². The summed E-state index contributed by atoms with van der Waals surface area (Å²) in [6.45, 7) is 3.86. The molecule has 5 heterocycles. The summed E-state index contributed by atoms with van der Waals surface area (Å²) in [4.78, 5) is 5.70. The summed E-state index contributed by atoms with van der Waals surface area (Å²) >= 11 is 0. The van der Waals surface area contributed by atoms with E-state index in [4.69, 9.17) is 9.26 Å². The molecule has 0 bridgehead atoms. The van der Waals surface area contributed by atoms with Gasteiger partial charge in [0.25, 0.3) is 0 Å². The van der Waals surface area contributed by atoms with Gasteiger partial charge in [-0.1, -0.05) is 5.16 Å². The number of hydrogen-bond acceptors (Lipinski definition) is 9. The van der Waals surface area contributed by atoms with Crippen molar-refractivity contribution in [2.75, 3.05) is 24.6 Å². The van der Waals surface area contributed by atoms with E-state index in [9.17, 15) is 21.6 Å². The van der Waals surface area contributed by atoms with Gasteiger partial charge in [0.15, 0.2) is 9.84 Å². The number of alkyl halides is 3. The van der Waals surface area contributed by atoms with Crippen LogP contribution in [0.15, 0.2) is 28.9 Å². The molecule has 1 saturated heterocycles. The molecule has 0 saturated carbocycles. The predicted octanol–water partition coefficient (Wildman–Crippen LogP) is 3.23. The third-order valence-corrected chi connectivity index (χ3v) is 8.36. The van der Waals surface area contributed by atoms with Gasteiger partial charge in [-0.3, -0.25) is 9.88 Å². The lowest BCUT2D eigenvalue weighted by Gasteiger charge is -2.29. The van der Waals surface area contributed by atoms with Crippen LogP contribution in [0.5, 0.6) is 5.88 Å². The fourth-order valence-corrected chi connectivity index (χ4v) is 6.45. The Bertz CT molecular complexity index is 1360. The topological polar surface area (TPSA) is 111 Å². The van der Waals surface area contributed by atoms with Crippen LogP contribution >= 0.6 is 0 Å². The number of halogens is 3. The van der Waals surface area contributed by atoms with Crippen LogP contribution < -0.4 is 4.74 Å². The summed E-state index contributed by atoms with van der Waals surface area (Å²) in [6, 6.07) is 4.03. The molecule has 0 N–H and O–H groups in total. The van der Waals surface area contributed by atoms with Gasteiger partial charge in [-0.25, -0.2) is 8.42 Å². The number of sulfone groups is 1. The maximum absolute atomic E-state index is 12.8. The van der Waals surface area contributed by atoms with Gasteiger partial charge in [0.1, 0.15) is 23.8 Å². The molecular weight excluding hydrogens is 499 g/mol. The van der Waals surface area contributed by atoms with Gasteiger partial charge in [0, 0.05) is 37.5 Å². The second-order valence-electron chi connectivity index (χ2n) is 9.19. The first kappa shape index (κ1) is 24.6.